The van der Waals surface area contributed by atoms with Crippen LogP contribution in [-0.2, 0) is 32.7 Å². The molecule has 0 atom stereocenters. The summed E-state index contributed by atoms with van der Waals surface area (Å²) in [6, 6.07) is 0. The summed E-state index contributed by atoms with van der Waals surface area (Å²) in [5.74, 6) is 0. The van der Waals surface area contributed by atoms with Crippen LogP contribution in [0.1, 0.15) is 53.4 Å². The van der Waals surface area contributed by atoms with Crippen LogP contribution in [0.4, 0.5) is 0 Å². The molecule has 1 aliphatic carbocycles. The fourth-order valence-electron chi connectivity index (χ4n) is 0.760. The summed E-state index contributed by atoms with van der Waals surface area (Å²) in [5, 5.41) is 0. The normalized spacial score (nSPS) is 17.0. The Labute approximate surface area is 104 Å². The molecule has 0 saturated heterocycles. The molecule has 71 valence electrons. The van der Waals surface area contributed by atoms with Crippen molar-refractivity contribution in [3.8, 4) is 0 Å². The van der Waals surface area contributed by atoms with Crippen LogP contribution in [0.2, 0.25) is 0 Å². The third kappa shape index (κ3) is 22.5. The first-order valence-electron chi connectivity index (χ1n) is 4.63. The van der Waals surface area contributed by atoms with Crippen molar-refractivity contribution in [1.82, 2.24) is 0 Å². The van der Waals surface area contributed by atoms with E-state index in [9.17, 15) is 0 Å². The van der Waals surface area contributed by atoms with Gasteiger partial charge in [-0.1, -0.05) is 27.7 Å². The van der Waals surface area contributed by atoms with Gasteiger partial charge in [0.2, 0.25) is 0 Å². The summed E-state index contributed by atoms with van der Waals surface area (Å²) < 4.78 is 0. The van der Waals surface area contributed by atoms with E-state index in [1.54, 1.807) is 0 Å². The topological polar surface area (TPSA) is 0 Å². The first-order chi connectivity index (χ1) is 5.00. The van der Waals surface area contributed by atoms with Gasteiger partial charge < -0.3 is 12.8 Å². The van der Waals surface area contributed by atoms with E-state index in [0.717, 1.165) is 0 Å². The third-order valence-electron chi connectivity index (χ3n) is 1.15. The summed E-state index contributed by atoms with van der Waals surface area (Å²) in [6.45, 7) is 8.75. The van der Waals surface area contributed by atoms with Crippen molar-refractivity contribution < 1.29 is 32.7 Å². The van der Waals surface area contributed by atoms with E-state index in [2.05, 4.69) is 40.5 Å². The van der Waals surface area contributed by atoms with Gasteiger partial charge in [-0.2, -0.15) is 0 Å². The SMILES string of the molecule is CC(C)(C)C.[CH-]1CC[CH-]CC1.[Y]. The molecule has 0 aromatic rings. The summed E-state index contributed by atoms with van der Waals surface area (Å²) in [7, 11) is 0. The van der Waals surface area contributed by atoms with Crippen molar-refractivity contribution in [2.45, 2.75) is 53.4 Å². The van der Waals surface area contributed by atoms with Crippen molar-refractivity contribution in [3.63, 3.8) is 0 Å². The number of rotatable bonds is 0. The number of hydrogen-bond donors (Lipinski definition) is 0. The molecular weight excluding hydrogens is 221 g/mol. The summed E-state index contributed by atoms with van der Waals surface area (Å²) in [6.07, 6.45) is 10.0. The van der Waals surface area contributed by atoms with Crippen LogP contribution in [0.15, 0.2) is 0 Å². The molecule has 0 amide bonds. The monoisotopic (exact) mass is 243 g/mol. The third-order valence-corrected chi connectivity index (χ3v) is 1.15. The van der Waals surface area contributed by atoms with E-state index in [0.29, 0.717) is 5.41 Å². The van der Waals surface area contributed by atoms with E-state index in [4.69, 9.17) is 0 Å². The molecule has 0 aromatic carbocycles. The first kappa shape index (κ1) is 15.6. The molecule has 1 aliphatic rings. The van der Waals surface area contributed by atoms with Crippen molar-refractivity contribution in [2.24, 2.45) is 5.41 Å². The molecule has 0 aliphatic heterocycles. The molecule has 0 unspecified atom stereocenters. The molecule has 0 nitrogen and oxygen atoms in total. The second kappa shape index (κ2) is 8.69. The molecule has 1 saturated carbocycles. The molecule has 1 radical (unpaired) electrons. The molecular formula is C11H22Y-2. The Morgan fingerprint density at radius 2 is 0.917 bits per heavy atom. The van der Waals surface area contributed by atoms with E-state index >= 15 is 0 Å². The van der Waals surface area contributed by atoms with Gasteiger partial charge in [0.05, 0.1) is 0 Å². The smallest absolute Gasteiger partial charge is 0 e. The van der Waals surface area contributed by atoms with Crippen molar-refractivity contribution in [3.05, 3.63) is 12.8 Å². The van der Waals surface area contributed by atoms with Gasteiger partial charge in [-0.3, -0.25) is 0 Å². The van der Waals surface area contributed by atoms with E-state index < -0.39 is 0 Å². The fraction of sp³-hybridized carbons (Fsp3) is 0.818. The van der Waals surface area contributed by atoms with Crippen molar-refractivity contribution >= 4 is 0 Å². The van der Waals surface area contributed by atoms with E-state index in [1.165, 1.54) is 25.7 Å². The minimum atomic E-state index is 0. The minimum Gasteiger partial charge on any atom is -0.333 e. The summed E-state index contributed by atoms with van der Waals surface area (Å²) in [5.41, 5.74) is 0.500. The molecule has 0 spiro atoms. The van der Waals surface area contributed by atoms with Gasteiger partial charge in [-0.25, -0.2) is 25.7 Å². The molecule has 1 fully saturated rings. The number of hydrogen-bond acceptors (Lipinski definition) is 0. The van der Waals surface area contributed by atoms with Gasteiger partial charge in [0.25, 0.3) is 0 Å². The Morgan fingerprint density at radius 3 is 1.00 bits per heavy atom. The maximum absolute atomic E-state index is 2.36. The van der Waals surface area contributed by atoms with Gasteiger partial charge in [-0.05, 0) is 5.41 Å². The molecule has 1 heteroatoms. The van der Waals surface area contributed by atoms with Gasteiger partial charge in [0, 0.05) is 32.7 Å². The van der Waals surface area contributed by atoms with Crippen LogP contribution < -0.4 is 0 Å². The Kier molecular flexibility index (Phi) is 11.3. The van der Waals surface area contributed by atoms with Crippen LogP contribution in [0, 0.1) is 18.3 Å². The van der Waals surface area contributed by atoms with Gasteiger partial charge in [0.15, 0.2) is 0 Å². The summed E-state index contributed by atoms with van der Waals surface area (Å²) >= 11 is 0. The molecule has 0 heterocycles. The van der Waals surface area contributed by atoms with Crippen LogP contribution in [0.25, 0.3) is 0 Å². The molecule has 12 heavy (non-hydrogen) atoms. The maximum Gasteiger partial charge on any atom is 0 e. The molecule has 0 bridgehead atoms. The van der Waals surface area contributed by atoms with E-state index in [-0.39, 0.29) is 32.7 Å². The second-order valence-corrected chi connectivity index (χ2v) is 4.73. The molecule has 1 rings (SSSR count). The summed E-state index contributed by atoms with van der Waals surface area (Å²) in [4.78, 5) is 0. The largest absolute Gasteiger partial charge is 0.333 e. The quantitative estimate of drug-likeness (QED) is 0.564. The zero-order chi connectivity index (χ0) is 8.74. The Balaban J connectivity index is 0. The standard InChI is InChI=1S/C6H10.C5H12.Y/c1-2-4-6-5-3-1;1-5(2,3)4;/h1,6H,2-5H2;1-4H3;/q-2;;. The van der Waals surface area contributed by atoms with Gasteiger partial charge >= 0.3 is 0 Å². The predicted octanol–water partition coefficient (Wildman–Crippen LogP) is 4.02. The van der Waals surface area contributed by atoms with Crippen molar-refractivity contribution in [1.29, 1.82) is 0 Å². The van der Waals surface area contributed by atoms with Crippen LogP contribution in [0.5, 0.6) is 0 Å². The minimum absolute atomic E-state index is 0. The zero-order valence-corrected chi connectivity index (χ0v) is 11.9. The van der Waals surface area contributed by atoms with Crippen molar-refractivity contribution in [2.75, 3.05) is 0 Å². The van der Waals surface area contributed by atoms with Gasteiger partial charge in [0.1, 0.15) is 0 Å². The average Bonchev–Trinajstić information content (AvgIpc) is 1.88. The average molecular weight is 243 g/mol. The zero-order valence-electron chi connectivity index (χ0n) is 9.06. The first-order valence-corrected chi connectivity index (χ1v) is 4.63. The molecule has 0 N–H and O–H groups in total. The Hall–Kier alpha value is 1.10. The van der Waals surface area contributed by atoms with Crippen LogP contribution >= 0.6 is 0 Å². The van der Waals surface area contributed by atoms with Crippen LogP contribution in [0.3, 0.4) is 0 Å². The predicted molar refractivity (Wildman–Crippen MR) is 52.2 cm³/mol. The fourth-order valence-corrected chi connectivity index (χ4v) is 0.760. The van der Waals surface area contributed by atoms with E-state index in [1.807, 2.05) is 0 Å². The second-order valence-electron chi connectivity index (χ2n) is 4.73. The maximum atomic E-state index is 2.36. The Bertz CT molecular complexity index is 60.0. The molecule has 0 aromatic heterocycles. The van der Waals surface area contributed by atoms with Gasteiger partial charge in [-0.15, -0.1) is 0 Å². The van der Waals surface area contributed by atoms with Crippen LogP contribution in [-0.4, -0.2) is 0 Å². The Morgan fingerprint density at radius 1 is 0.750 bits per heavy atom.